The number of likely N-dealkylation sites (tertiary alicyclic amines) is 1. The fourth-order valence-electron chi connectivity index (χ4n) is 3.60. The molecule has 1 fully saturated rings. The normalized spacial score (nSPS) is 21.5. The quantitative estimate of drug-likeness (QED) is 0.847. The Kier molecular flexibility index (Phi) is 4.22. The molecule has 2 aromatic rings. The van der Waals surface area contributed by atoms with E-state index in [4.69, 9.17) is 0 Å². The molecule has 1 saturated heterocycles. The Bertz CT molecular complexity index is 810. The number of nitrogens with one attached hydrogen (secondary N) is 2. The van der Waals surface area contributed by atoms with Crippen LogP contribution in [-0.2, 0) is 6.54 Å². The maximum atomic E-state index is 12.9. The first kappa shape index (κ1) is 15.7. The van der Waals surface area contributed by atoms with Gasteiger partial charge in [-0.2, -0.15) is 0 Å². The summed E-state index contributed by atoms with van der Waals surface area (Å²) in [5.41, 5.74) is 1.84. The summed E-state index contributed by atoms with van der Waals surface area (Å²) in [6.07, 6.45) is 3.64. The average Bonchev–Trinajstić information content (AvgIpc) is 2.52. The number of benzene rings is 1. The largest absolute Gasteiger partial charge is 0.545 e. The molecule has 2 atom stereocenters. The van der Waals surface area contributed by atoms with E-state index in [-0.39, 0.29) is 11.0 Å². The molecular weight excluding hydrogens is 292 g/mol. The Morgan fingerprint density at radius 2 is 2.17 bits per heavy atom. The lowest BCUT2D eigenvalue weighted by Crippen LogP contribution is -3.15. The minimum absolute atomic E-state index is 0.0351. The van der Waals surface area contributed by atoms with Crippen molar-refractivity contribution in [3.05, 3.63) is 45.2 Å². The van der Waals surface area contributed by atoms with E-state index in [0.29, 0.717) is 23.5 Å². The molecule has 23 heavy (non-hydrogen) atoms. The molecule has 1 aliphatic rings. The molecule has 0 amide bonds. The zero-order chi connectivity index (χ0) is 16.6. The van der Waals surface area contributed by atoms with Gasteiger partial charge in [-0.05, 0) is 39.2 Å². The summed E-state index contributed by atoms with van der Waals surface area (Å²) < 4.78 is 0. The first-order chi connectivity index (χ1) is 11.0. The lowest BCUT2D eigenvalue weighted by atomic mass is 10.0. The van der Waals surface area contributed by atoms with Crippen molar-refractivity contribution in [2.75, 3.05) is 6.54 Å². The van der Waals surface area contributed by atoms with E-state index in [2.05, 4.69) is 11.9 Å². The summed E-state index contributed by atoms with van der Waals surface area (Å²) >= 11 is 0. The average molecular weight is 314 g/mol. The number of carboxylic acid groups (broad SMARTS) is 1. The predicted molar refractivity (Wildman–Crippen MR) is 86.5 cm³/mol. The van der Waals surface area contributed by atoms with Gasteiger partial charge < -0.3 is 19.8 Å². The summed E-state index contributed by atoms with van der Waals surface area (Å²) in [5, 5.41) is 11.7. The third-order valence-corrected chi connectivity index (χ3v) is 5.05. The number of carboxylic acids is 1. The highest BCUT2D eigenvalue weighted by Gasteiger charge is 2.24. The van der Waals surface area contributed by atoms with Crippen molar-refractivity contribution in [2.24, 2.45) is 0 Å². The maximum Gasteiger partial charge on any atom is 0.198 e. The van der Waals surface area contributed by atoms with Crippen molar-refractivity contribution >= 4 is 16.9 Å². The number of aromatic carboxylic acids is 1. The summed E-state index contributed by atoms with van der Waals surface area (Å²) in [4.78, 5) is 28.7. The number of para-hydroxylation sites is 1. The number of H-pyrrole nitrogens is 1. The smallest absolute Gasteiger partial charge is 0.198 e. The zero-order valence-corrected chi connectivity index (χ0v) is 13.6. The van der Waals surface area contributed by atoms with Gasteiger partial charge in [0.25, 0.3) is 0 Å². The number of pyridine rings is 1. The van der Waals surface area contributed by atoms with Crippen molar-refractivity contribution in [2.45, 2.75) is 45.7 Å². The monoisotopic (exact) mass is 314 g/mol. The van der Waals surface area contributed by atoms with E-state index < -0.39 is 5.97 Å². The number of aromatic amines is 1. The van der Waals surface area contributed by atoms with Gasteiger partial charge in [-0.3, -0.25) is 4.79 Å². The second-order valence-corrected chi connectivity index (χ2v) is 6.56. The molecule has 1 aromatic carbocycles. The second kappa shape index (κ2) is 6.16. The number of rotatable bonds is 3. The molecule has 1 aromatic heterocycles. The predicted octanol–water partition coefficient (Wildman–Crippen LogP) is 0.157. The molecule has 5 nitrogen and oxygen atoms in total. The highest BCUT2D eigenvalue weighted by molar-refractivity contribution is 6.00. The first-order valence-corrected chi connectivity index (χ1v) is 8.19. The zero-order valence-electron chi connectivity index (χ0n) is 13.6. The summed E-state index contributed by atoms with van der Waals surface area (Å²) in [6, 6.07) is 5.29. The summed E-state index contributed by atoms with van der Waals surface area (Å²) in [6.45, 7) is 5.84. The van der Waals surface area contributed by atoms with E-state index in [9.17, 15) is 14.7 Å². The van der Waals surface area contributed by atoms with E-state index in [1.54, 1.807) is 12.1 Å². The molecule has 1 aliphatic heterocycles. The van der Waals surface area contributed by atoms with E-state index in [0.717, 1.165) is 17.8 Å². The Morgan fingerprint density at radius 1 is 1.39 bits per heavy atom. The third kappa shape index (κ3) is 2.88. The van der Waals surface area contributed by atoms with Crippen LogP contribution in [0.5, 0.6) is 0 Å². The van der Waals surface area contributed by atoms with Crippen LogP contribution in [0.2, 0.25) is 0 Å². The van der Waals surface area contributed by atoms with Crippen molar-refractivity contribution in [1.82, 2.24) is 4.98 Å². The van der Waals surface area contributed by atoms with Crippen molar-refractivity contribution in [3.63, 3.8) is 0 Å². The molecule has 0 bridgehead atoms. The summed E-state index contributed by atoms with van der Waals surface area (Å²) in [5.74, 6) is -1.27. The van der Waals surface area contributed by atoms with Gasteiger partial charge in [0.1, 0.15) is 6.54 Å². The van der Waals surface area contributed by atoms with Crippen molar-refractivity contribution < 1.29 is 14.8 Å². The topological polar surface area (TPSA) is 77.4 Å². The second-order valence-electron chi connectivity index (χ2n) is 6.56. The Hall–Kier alpha value is -2.14. The number of carbonyl (C=O) groups excluding carboxylic acids is 1. The van der Waals surface area contributed by atoms with E-state index in [1.807, 2.05) is 6.92 Å². The van der Waals surface area contributed by atoms with Crippen LogP contribution in [0.25, 0.3) is 10.9 Å². The Labute approximate surface area is 134 Å². The standard InChI is InChI=1S/C18H22N2O3/c1-11-6-3-4-9-20(11)10-15-12(2)19-16-13(17(15)21)7-5-8-14(16)18(22)23/h5,7-8,11H,3-4,6,9-10H2,1-2H3,(H,19,21)(H,22,23)/t11-/m1/s1. The lowest BCUT2D eigenvalue weighted by Gasteiger charge is -2.30. The fraction of sp³-hybridized carbons (Fsp3) is 0.444. The van der Waals surface area contributed by atoms with Crippen LogP contribution in [-0.4, -0.2) is 23.5 Å². The van der Waals surface area contributed by atoms with Crippen molar-refractivity contribution in [3.8, 4) is 0 Å². The number of carbonyl (C=O) groups is 1. The van der Waals surface area contributed by atoms with Crippen LogP contribution < -0.4 is 15.4 Å². The first-order valence-electron chi connectivity index (χ1n) is 8.19. The SMILES string of the molecule is Cc1[nH]c2c(C(=O)[O-])cccc2c(=O)c1C[NH+]1CCCC[C@H]1C. The van der Waals surface area contributed by atoms with Gasteiger partial charge in [-0.15, -0.1) is 0 Å². The molecule has 0 saturated carbocycles. The number of quaternary nitrogens is 1. The number of hydrogen-bond donors (Lipinski definition) is 2. The van der Waals surface area contributed by atoms with Crippen LogP contribution in [0.4, 0.5) is 0 Å². The number of piperidine rings is 1. The van der Waals surface area contributed by atoms with Gasteiger partial charge in [0.15, 0.2) is 5.43 Å². The van der Waals surface area contributed by atoms with Gasteiger partial charge in [-0.25, -0.2) is 0 Å². The maximum absolute atomic E-state index is 12.9. The molecule has 122 valence electrons. The van der Waals surface area contributed by atoms with Crippen LogP contribution in [0, 0.1) is 6.92 Å². The van der Waals surface area contributed by atoms with Crippen LogP contribution in [0.15, 0.2) is 23.0 Å². The van der Waals surface area contributed by atoms with Crippen molar-refractivity contribution in [1.29, 1.82) is 0 Å². The molecule has 0 aliphatic carbocycles. The third-order valence-electron chi connectivity index (χ3n) is 5.05. The van der Waals surface area contributed by atoms with Crippen LogP contribution in [0.1, 0.15) is 47.8 Å². The number of hydrogen-bond acceptors (Lipinski definition) is 3. The molecule has 0 radical (unpaired) electrons. The number of aromatic nitrogens is 1. The minimum atomic E-state index is -1.27. The lowest BCUT2D eigenvalue weighted by molar-refractivity contribution is -0.942. The van der Waals surface area contributed by atoms with E-state index in [1.165, 1.54) is 30.2 Å². The highest BCUT2D eigenvalue weighted by Crippen LogP contribution is 2.15. The molecule has 1 unspecified atom stereocenters. The molecule has 2 heterocycles. The molecular formula is C18H22N2O3. The summed E-state index contributed by atoms with van der Waals surface area (Å²) in [7, 11) is 0. The van der Waals surface area contributed by atoms with Crippen LogP contribution >= 0.6 is 0 Å². The Balaban J connectivity index is 2.08. The van der Waals surface area contributed by atoms with Gasteiger partial charge in [0.05, 0.1) is 29.6 Å². The number of aryl methyl sites for hydroxylation is 1. The van der Waals surface area contributed by atoms with E-state index >= 15 is 0 Å². The highest BCUT2D eigenvalue weighted by atomic mass is 16.4. The number of fused-ring (bicyclic) bond motifs is 1. The van der Waals surface area contributed by atoms with Gasteiger partial charge in [-0.1, -0.05) is 12.1 Å². The minimum Gasteiger partial charge on any atom is -0.545 e. The Morgan fingerprint density at radius 3 is 2.87 bits per heavy atom. The van der Waals surface area contributed by atoms with Gasteiger partial charge in [0, 0.05) is 16.6 Å². The molecule has 2 N–H and O–H groups in total. The van der Waals surface area contributed by atoms with Gasteiger partial charge in [0.2, 0.25) is 0 Å². The molecule has 3 rings (SSSR count). The molecule has 5 heteroatoms. The molecule has 0 spiro atoms. The van der Waals surface area contributed by atoms with Gasteiger partial charge >= 0.3 is 0 Å². The van der Waals surface area contributed by atoms with Crippen LogP contribution in [0.3, 0.4) is 0 Å². The fourth-order valence-corrected chi connectivity index (χ4v) is 3.60.